The number of hydrazone groups is 1. The number of rotatable bonds is 5. The maximum Gasteiger partial charge on any atom is 0.262 e. The molecule has 3 aromatic carbocycles. The van der Waals surface area contributed by atoms with Crippen molar-refractivity contribution < 1.29 is 15.0 Å². The summed E-state index contributed by atoms with van der Waals surface area (Å²) in [5.74, 6) is -0.478. The van der Waals surface area contributed by atoms with Gasteiger partial charge in [-0.1, -0.05) is 36.4 Å². The number of aromatic hydroxyl groups is 2. The maximum absolute atomic E-state index is 12.2. The highest BCUT2D eigenvalue weighted by molar-refractivity contribution is 5.96. The van der Waals surface area contributed by atoms with Gasteiger partial charge in [-0.3, -0.25) is 4.79 Å². The Hall–Kier alpha value is -3.54. The molecule has 1 amide bonds. The van der Waals surface area contributed by atoms with Crippen molar-refractivity contribution in [2.45, 2.75) is 13.0 Å². The molecule has 4 N–H and O–H groups in total. The van der Waals surface area contributed by atoms with Gasteiger partial charge in [0.25, 0.3) is 5.91 Å². The minimum absolute atomic E-state index is 0.0448. The van der Waals surface area contributed by atoms with Gasteiger partial charge in [-0.25, -0.2) is 5.43 Å². The third-order valence-electron chi connectivity index (χ3n) is 3.95. The standard InChI is InChI=1S/C20H19N3O3/c1-13(22-18-8-4-6-14-5-2-3-7-17(14)18)20(26)23-21-12-15-9-10-16(24)11-19(15)25/h2-13,22,24-25H,1H3,(H,23,26)/b21-12-/t13-/m1/s1. The molecule has 3 rings (SSSR count). The summed E-state index contributed by atoms with van der Waals surface area (Å²) in [6.45, 7) is 1.74. The van der Waals surface area contributed by atoms with Crippen LogP contribution in [0.3, 0.4) is 0 Å². The smallest absolute Gasteiger partial charge is 0.262 e. The van der Waals surface area contributed by atoms with E-state index >= 15 is 0 Å². The summed E-state index contributed by atoms with van der Waals surface area (Å²) in [7, 11) is 0. The normalized spacial score (nSPS) is 12.2. The van der Waals surface area contributed by atoms with Gasteiger partial charge in [0.1, 0.15) is 17.5 Å². The van der Waals surface area contributed by atoms with Gasteiger partial charge in [0.2, 0.25) is 0 Å². The molecule has 0 spiro atoms. The van der Waals surface area contributed by atoms with Crippen LogP contribution in [0.4, 0.5) is 5.69 Å². The van der Waals surface area contributed by atoms with E-state index in [1.54, 1.807) is 6.92 Å². The third kappa shape index (κ3) is 3.92. The highest BCUT2D eigenvalue weighted by atomic mass is 16.3. The van der Waals surface area contributed by atoms with Gasteiger partial charge >= 0.3 is 0 Å². The lowest BCUT2D eigenvalue weighted by molar-refractivity contribution is -0.121. The van der Waals surface area contributed by atoms with E-state index in [0.717, 1.165) is 16.5 Å². The minimum atomic E-state index is -0.508. The molecule has 0 saturated carbocycles. The Kier molecular flexibility index (Phi) is 5.03. The second-order valence-corrected chi connectivity index (χ2v) is 5.87. The van der Waals surface area contributed by atoms with Crippen molar-refractivity contribution in [1.29, 1.82) is 0 Å². The number of hydrogen-bond acceptors (Lipinski definition) is 5. The SMILES string of the molecule is C[C@@H](Nc1cccc2ccccc12)C(=O)N/N=C\c1ccc(O)cc1O. The van der Waals surface area contributed by atoms with Gasteiger partial charge in [0.15, 0.2) is 0 Å². The first-order chi connectivity index (χ1) is 12.5. The van der Waals surface area contributed by atoms with E-state index in [1.807, 2.05) is 42.5 Å². The summed E-state index contributed by atoms with van der Waals surface area (Å²) < 4.78 is 0. The van der Waals surface area contributed by atoms with Crippen molar-refractivity contribution in [3.05, 3.63) is 66.2 Å². The lowest BCUT2D eigenvalue weighted by atomic mass is 10.1. The molecule has 0 bridgehead atoms. The molecule has 0 unspecified atom stereocenters. The fourth-order valence-corrected chi connectivity index (χ4v) is 2.55. The lowest BCUT2D eigenvalue weighted by Crippen LogP contribution is -2.34. The first kappa shape index (κ1) is 17.3. The van der Waals surface area contributed by atoms with Crippen LogP contribution in [0.25, 0.3) is 10.8 Å². The number of nitrogens with zero attached hydrogens (tertiary/aromatic N) is 1. The Morgan fingerprint density at radius 3 is 2.65 bits per heavy atom. The molecule has 26 heavy (non-hydrogen) atoms. The van der Waals surface area contributed by atoms with E-state index in [-0.39, 0.29) is 17.4 Å². The zero-order valence-corrected chi connectivity index (χ0v) is 14.2. The van der Waals surface area contributed by atoms with E-state index in [4.69, 9.17) is 0 Å². The second kappa shape index (κ2) is 7.57. The zero-order chi connectivity index (χ0) is 18.5. The summed E-state index contributed by atoms with van der Waals surface area (Å²) in [5, 5.41) is 28.1. The first-order valence-electron chi connectivity index (χ1n) is 8.14. The lowest BCUT2D eigenvalue weighted by Gasteiger charge is -2.15. The molecule has 0 radical (unpaired) electrons. The van der Waals surface area contributed by atoms with E-state index in [2.05, 4.69) is 15.8 Å². The number of phenolic OH excluding ortho intramolecular Hbond substituents is 2. The molecule has 132 valence electrons. The number of phenols is 2. The molecule has 6 nitrogen and oxygen atoms in total. The van der Waals surface area contributed by atoms with Crippen molar-refractivity contribution in [3.8, 4) is 11.5 Å². The van der Waals surface area contributed by atoms with Crippen LogP contribution in [0.2, 0.25) is 0 Å². The Bertz CT molecular complexity index is 964. The predicted molar refractivity (Wildman–Crippen MR) is 103 cm³/mol. The summed E-state index contributed by atoms with van der Waals surface area (Å²) in [6, 6.07) is 17.4. The number of hydrogen-bond donors (Lipinski definition) is 4. The van der Waals surface area contributed by atoms with Crippen molar-refractivity contribution in [2.24, 2.45) is 5.10 Å². The topological polar surface area (TPSA) is 94.0 Å². The van der Waals surface area contributed by atoms with Crippen LogP contribution >= 0.6 is 0 Å². The Balaban J connectivity index is 1.65. The molecular weight excluding hydrogens is 330 g/mol. The highest BCUT2D eigenvalue weighted by Crippen LogP contribution is 2.23. The Morgan fingerprint density at radius 1 is 1.08 bits per heavy atom. The van der Waals surface area contributed by atoms with Crippen LogP contribution < -0.4 is 10.7 Å². The molecule has 0 fully saturated rings. The summed E-state index contributed by atoms with van der Waals surface area (Å²) in [6.07, 6.45) is 1.32. The Labute approximate surface area is 150 Å². The molecular formula is C20H19N3O3. The summed E-state index contributed by atoms with van der Waals surface area (Å²) in [5.41, 5.74) is 3.69. The number of anilines is 1. The van der Waals surface area contributed by atoms with Crippen molar-refractivity contribution in [1.82, 2.24) is 5.43 Å². The van der Waals surface area contributed by atoms with Gasteiger partial charge in [-0.2, -0.15) is 5.10 Å². The fourth-order valence-electron chi connectivity index (χ4n) is 2.55. The quantitative estimate of drug-likeness (QED) is 0.420. The highest BCUT2D eigenvalue weighted by Gasteiger charge is 2.13. The number of fused-ring (bicyclic) bond motifs is 1. The van der Waals surface area contributed by atoms with Crippen LogP contribution in [0.1, 0.15) is 12.5 Å². The Morgan fingerprint density at radius 2 is 1.85 bits per heavy atom. The molecule has 0 aliphatic carbocycles. The molecule has 3 aromatic rings. The fraction of sp³-hybridized carbons (Fsp3) is 0.100. The van der Waals surface area contributed by atoms with Gasteiger partial charge in [-0.15, -0.1) is 0 Å². The molecule has 0 heterocycles. The summed E-state index contributed by atoms with van der Waals surface area (Å²) >= 11 is 0. The molecule has 1 atom stereocenters. The van der Waals surface area contributed by atoms with Crippen molar-refractivity contribution >= 4 is 28.6 Å². The molecule has 0 aromatic heterocycles. The van der Waals surface area contributed by atoms with Crippen LogP contribution in [0, 0.1) is 0 Å². The van der Waals surface area contributed by atoms with E-state index < -0.39 is 6.04 Å². The number of carbonyl (C=O) groups is 1. The number of benzene rings is 3. The van der Waals surface area contributed by atoms with Crippen LogP contribution in [-0.4, -0.2) is 28.4 Å². The van der Waals surface area contributed by atoms with Crippen molar-refractivity contribution in [2.75, 3.05) is 5.32 Å². The zero-order valence-electron chi connectivity index (χ0n) is 14.2. The van der Waals surface area contributed by atoms with E-state index in [1.165, 1.54) is 24.4 Å². The molecule has 0 aliphatic heterocycles. The van der Waals surface area contributed by atoms with Gasteiger partial charge < -0.3 is 15.5 Å². The van der Waals surface area contributed by atoms with E-state index in [9.17, 15) is 15.0 Å². The second-order valence-electron chi connectivity index (χ2n) is 5.87. The first-order valence-corrected chi connectivity index (χ1v) is 8.14. The maximum atomic E-state index is 12.2. The number of amides is 1. The molecule has 0 saturated heterocycles. The van der Waals surface area contributed by atoms with Crippen molar-refractivity contribution in [3.63, 3.8) is 0 Å². The van der Waals surface area contributed by atoms with Crippen LogP contribution in [-0.2, 0) is 4.79 Å². The van der Waals surface area contributed by atoms with Gasteiger partial charge in [-0.05, 0) is 30.5 Å². The van der Waals surface area contributed by atoms with Crippen LogP contribution in [0.15, 0.2) is 65.8 Å². The monoisotopic (exact) mass is 349 g/mol. The largest absolute Gasteiger partial charge is 0.508 e. The van der Waals surface area contributed by atoms with Gasteiger partial charge in [0, 0.05) is 22.7 Å². The number of nitrogens with one attached hydrogen (secondary N) is 2. The minimum Gasteiger partial charge on any atom is -0.508 e. The third-order valence-corrected chi connectivity index (χ3v) is 3.95. The number of carbonyl (C=O) groups excluding carboxylic acids is 1. The molecule has 0 aliphatic rings. The van der Waals surface area contributed by atoms with E-state index in [0.29, 0.717) is 5.56 Å². The predicted octanol–water partition coefficient (Wildman–Crippen LogP) is 3.20. The molecule has 6 heteroatoms. The average Bonchev–Trinajstić information content (AvgIpc) is 2.63. The van der Waals surface area contributed by atoms with Crippen LogP contribution in [0.5, 0.6) is 11.5 Å². The average molecular weight is 349 g/mol. The van der Waals surface area contributed by atoms with Gasteiger partial charge in [0.05, 0.1) is 6.21 Å². The summed E-state index contributed by atoms with van der Waals surface area (Å²) in [4.78, 5) is 12.2.